The van der Waals surface area contributed by atoms with Crippen molar-refractivity contribution in [3.8, 4) is 33.5 Å². The fourth-order valence-corrected chi connectivity index (χ4v) is 4.59. The van der Waals surface area contributed by atoms with Gasteiger partial charge in [-0.3, -0.25) is 9.55 Å². The Balaban J connectivity index is 1.24. The molecule has 0 amide bonds. The molecule has 0 saturated carbocycles. The number of anilines is 1. The minimum atomic E-state index is 0.163. The largest absolute Gasteiger partial charge is 0.487 e. The molecule has 35 heavy (non-hydrogen) atoms. The lowest BCUT2D eigenvalue weighted by Crippen LogP contribution is -2.00. The predicted octanol–water partition coefficient (Wildman–Crippen LogP) is 5.41. The maximum Gasteiger partial charge on any atom is 0.199 e. The number of aromatic nitrogens is 6. The molecule has 2 N–H and O–H groups in total. The van der Waals surface area contributed by atoms with Crippen molar-refractivity contribution in [1.29, 1.82) is 0 Å². The SMILES string of the molecule is Nc1nonc1-c1nc2cnccc2n1-c1ccc(OCc2csc(-c3ccc(Cl)cc3)n2)cc1. The highest BCUT2D eigenvalue weighted by molar-refractivity contribution is 7.13. The van der Waals surface area contributed by atoms with Gasteiger partial charge in [0.15, 0.2) is 17.3 Å². The lowest BCUT2D eigenvalue weighted by atomic mass is 10.2. The molecule has 4 heterocycles. The number of pyridine rings is 1. The van der Waals surface area contributed by atoms with Crippen molar-refractivity contribution < 1.29 is 9.37 Å². The van der Waals surface area contributed by atoms with Crippen molar-refractivity contribution >= 4 is 39.8 Å². The predicted molar refractivity (Wildman–Crippen MR) is 133 cm³/mol. The van der Waals surface area contributed by atoms with Gasteiger partial charge in [0.25, 0.3) is 0 Å². The Hall–Kier alpha value is -4.28. The highest BCUT2D eigenvalue weighted by Gasteiger charge is 2.20. The number of nitrogens with zero attached hydrogens (tertiary/aromatic N) is 6. The second kappa shape index (κ2) is 8.82. The van der Waals surface area contributed by atoms with Gasteiger partial charge in [-0.2, -0.15) is 0 Å². The van der Waals surface area contributed by atoms with Crippen molar-refractivity contribution in [3.63, 3.8) is 0 Å². The van der Waals surface area contributed by atoms with Crippen molar-refractivity contribution in [1.82, 2.24) is 29.8 Å². The van der Waals surface area contributed by atoms with Gasteiger partial charge in [-0.05, 0) is 52.8 Å². The highest BCUT2D eigenvalue weighted by Crippen LogP contribution is 2.30. The average Bonchev–Trinajstić information content (AvgIpc) is 3.62. The molecular formula is C24H16ClN7O2S. The molecule has 0 spiro atoms. The molecule has 0 aliphatic heterocycles. The number of thiazole rings is 1. The standard InChI is InChI=1S/C24H16ClN7O2S/c25-15-3-1-14(2-4-15)24-28-16(13-35-24)12-33-18-7-5-17(6-8-18)32-20-9-10-27-11-19(20)29-23(32)21-22(26)31-34-30-21/h1-11,13H,12H2,(H2,26,31). The van der Waals surface area contributed by atoms with E-state index in [0.717, 1.165) is 27.5 Å². The van der Waals surface area contributed by atoms with Crippen molar-refractivity contribution in [2.75, 3.05) is 5.73 Å². The van der Waals surface area contributed by atoms with Gasteiger partial charge in [0.05, 0.1) is 17.4 Å². The summed E-state index contributed by atoms with van der Waals surface area (Å²) in [6.07, 6.45) is 3.39. The Morgan fingerprint density at radius 2 is 1.83 bits per heavy atom. The minimum Gasteiger partial charge on any atom is -0.487 e. The Kier molecular flexibility index (Phi) is 5.36. The number of ether oxygens (including phenoxy) is 1. The summed E-state index contributed by atoms with van der Waals surface area (Å²) in [5.74, 6) is 1.39. The van der Waals surface area contributed by atoms with E-state index in [1.54, 1.807) is 23.7 Å². The second-order valence-corrected chi connectivity index (χ2v) is 8.86. The van der Waals surface area contributed by atoms with Crippen LogP contribution < -0.4 is 10.5 Å². The monoisotopic (exact) mass is 501 g/mol. The summed E-state index contributed by atoms with van der Waals surface area (Å²) < 4.78 is 12.7. The number of hydrogen-bond donors (Lipinski definition) is 1. The van der Waals surface area contributed by atoms with Crippen LogP contribution in [-0.4, -0.2) is 29.8 Å². The van der Waals surface area contributed by atoms with Gasteiger partial charge in [-0.1, -0.05) is 23.7 Å². The number of benzene rings is 2. The summed E-state index contributed by atoms with van der Waals surface area (Å²) in [4.78, 5) is 13.5. The van der Waals surface area contributed by atoms with E-state index in [9.17, 15) is 0 Å². The number of nitrogens with two attached hydrogens (primary N) is 1. The minimum absolute atomic E-state index is 0.163. The fourth-order valence-electron chi connectivity index (χ4n) is 3.65. The van der Waals surface area contributed by atoms with E-state index in [-0.39, 0.29) is 5.82 Å². The Labute approximate surface area is 207 Å². The van der Waals surface area contributed by atoms with Crippen LogP contribution in [0.25, 0.3) is 38.8 Å². The molecule has 2 aromatic carbocycles. The van der Waals surface area contributed by atoms with E-state index < -0.39 is 0 Å². The molecule has 0 radical (unpaired) electrons. The number of imidazole rings is 1. The highest BCUT2D eigenvalue weighted by atomic mass is 35.5. The van der Waals surface area contributed by atoms with E-state index in [1.807, 2.05) is 64.5 Å². The van der Waals surface area contributed by atoms with E-state index in [0.29, 0.717) is 34.4 Å². The van der Waals surface area contributed by atoms with Gasteiger partial charge in [0.2, 0.25) is 0 Å². The first-order valence-electron chi connectivity index (χ1n) is 10.5. The zero-order chi connectivity index (χ0) is 23.8. The van der Waals surface area contributed by atoms with Crippen LogP contribution >= 0.6 is 22.9 Å². The number of nitrogen functional groups attached to an aromatic ring is 1. The van der Waals surface area contributed by atoms with Gasteiger partial charge in [0, 0.05) is 27.9 Å². The summed E-state index contributed by atoms with van der Waals surface area (Å²) in [5, 5.41) is 11.2. The number of rotatable bonds is 6. The molecular weight excluding hydrogens is 486 g/mol. The number of hydrogen-bond acceptors (Lipinski definition) is 9. The van der Waals surface area contributed by atoms with Crippen LogP contribution in [0, 0.1) is 0 Å². The first-order chi connectivity index (χ1) is 17.2. The maximum absolute atomic E-state index is 5.98. The first kappa shape index (κ1) is 21.3. The van der Waals surface area contributed by atoms with Crippen LogP contribution in [0.3, 0.4) is 0 Å². The molecule has 6 aromatic rings. The van der Waals surface area contributed by atoms with Gasteiger partial charge in [0.1, 0.15) is 22.9 Å². The summed E-state index contributed by atoms with van der Waals surface area (Å²) in [6, 6.07) is 17.2. The zero-order valence-corrected chi connectivity index (χ0v) is 19.6. The van der Waals surface area contributed by atoms with Crippen LogP contribution in [0.15, 0.2) is 77.0 Å². The topological polar surface area (TPSA) is 118 Å². The summed E-state index contributed by atoms with van der Waals surface area (Å²) in [7, 11) is 0. The fraction of sp³-hybridized carbons (Fsp3) is 0.0417. The van der Waals surface area contributed by atoms with Gasteiger partial charge < -0.3 is 10.5 Å². The second-order valence-electron chi connectivity index (χ2n) is 7.57. The average molecular weight is 502 g/mol. The smallest absolute Gasteiger partial charge is 0.199 e. The van der Waals surface area contributed by atoms with Gasteiger partial charge >= 0.3 is 0 Å². The van der Waals surface area contributed by atoms with Crippen LogP contribution in [0.5, 0.6) is 5.75 Å². The van der Waals surface area contributed by atoms with Crippen LogP contribution in [0.2, 0.25) is 5.02 Å². The Bertz CT molecular complexity index is 1620. The van der Waals surface area contributed by atoms with Crippen molar-refractivity contribution in [2.45, 2.75) is 6.61 Å². The summed E-state index contributed by atoms with van der Waals surface area (Å²) in [6.45, 7) is 0.357. The Morgan fingerprint density at radius 1 is 1.00 bits per heavy atom. The lowest BCUT2D eigenvalue weighted by Gasteiger charge is -2.10. The maximum atomic E-state index is 5.98. The molecule has 0 atom stereocenters. The van der Waals surface area contributed by atoms with E-state index in [4.69, 9.17) is 26.7 Å². The molecule has 6 rings (SSSR count). The van der Waals surface area contributed by atoms with E-state index in [1.165, 1.54) is 0 Å². The summed E-state index contributed by atoms with van der Waals surface area (Å²) in [5.41, 5.74) is 10.6. The molecule has 0 aliphatic carbocycles. The van der Waals surface area contributed by atoms with Gasteiger partial charge in [-0.25, -0.2) is 14.6 Å². The van der Waals surface area contributed by atoms with Gasteiger partial charge in [-0.15, -0.1) is 11.3 Å². The molecule has 0 saturated heterocycles. The first-order valence-corrected chi connectivity index (χ1v) is 11.8. The quantitative estimate of drug-likeness (QED) is 0.322. The van der Waals surface area contributed by atoms with Crippen molar-refractivity contribution in [2.24, 2.45) is 0 Å². The number of halogens is 1. The van der Waals surface area contributed by atoms with Crippen LogP contribution in [0.1, 0.15) is 5.69 Å². The Morgan fingerprint density at radius 3 is 2.60 bits per heavy atom. The number of fused-ring (bicyclic) bond motifs is 1. The van der Waals surface area contributed by atoms with Crippen molar-refractivity contribution in [3.05, 3.63) is 83.1 Å². The molecule has 11 heteroatoms. The zero-order valence-electron chi connectivity index (χ0n) is 18.0. The molecule has 4 aromatic heterocycles. The van der Waals surface area contributed by atoms with Crippen LogP contribution in [-0.2, 0) is 6.61 Å². The normalized spacial score (nSPS) is 11.2. The van der Waals surface area contributed by atoms with E-state index >= 15 is 0 Å². The third kappa shape index (κ3) is 4.09. The molecule has 0 bridgehead atoms. The third-order valence-electron chi connectivity index (χ3n) is 5.31. The molecule has 172 valence electrons. The molecule has 0 fully saturated rings. The molecule has 0 unspecified atom stereocenters. The third-order valence-corrected chi connectivity index (χ3v) is 6.50. The molecule has 0 aliphatic rings. The molecule has 9 nitrogen and oxygen atoms in total. The lowest BCUT2D eigenvalue weighted by molar-refractivity contribution is 0.302. The van der Waals surface area contributed by atoms with E-state index in [2.05, 4.69) is 25.3 Å². The van der Waals surface area contributed by atoms with Crippen LogP contribution in [0.4, 0.5) is 5.82 Å². The summed E-state index contributed by atoms with van der Waals surface area (Å²) >= 11 is 7.54.